The summed E-state index contributed by atoms with van der Waals surface area (Å²) in [5, 5.41) is 3.75. The number of hydrogen-bond donors (Lipinski definition) is 0. The zero-order chi connectivity index (χ0) is 11.4. The lowest BCUT2D eigenvalue weighted by Gasteiger charge is -2.03. The van der Waals surface area contributed by atoms with Crippen LogP contribution in [0, 0.1) is 0 Å². The topological polar surface area (TPSA) is 12.4 Å². The fraction of sp³-hybridized carbons (Fsp3) is 0.214. The Morgan fingerprint density at radius 3 is 2.53 bits per heavy atom. The largest absolute Gasteiger partial charge is 0.287 e. The third-order valence-electron chi connectivity index (χ3n) is 2.58. The summed E-state index contributed by atoms with van der Waals surface area (Å²) in [7, 11) is 1.84. The van der Waals surface area contributed by atoms with Crippen LogP contribution in [-0.2, 0) is 5.75 Å². The van der Waals surface area contributed by atoms with Crippen LogP contribution in [-0.4, -0.2) is 12.1 Å². The summed E-state index contributed by atoms with van der Waals surface area (Å²) < 4.78 is 0. The summed E-state index contributed by atoms with van der Waals surface area (Å²) >= 11 is 1.79. The van der Waals surface area contributed by atoms with Gasteiger partial charge in [-0.25, -0.2) is 0 Å². The van der Waals surface area contributed by atoms with Gasteiger partial charge < -0.3 is 0 Å². The first-order chi connectivity index (χ1) is 7.79. The Morgan fingerprint density at radius 2 is 1.82 bits per heavy atom. The van der Waals surface area contributed by atoms with Gasteiger partial charge in [-0.1, -0.05) is 42.5 Å². The molecule has 0 unspecified atom stereocenters. The Balaban J connectivity index is 0.00000144. The van der Waals surface area contributed by atoms with Gasteiger partial charge >= 0.3 is 0 Å². The number of halogens is 1. The van der Waals surface area contributed by atoms with Crippen LogP contribution >= 0.6 is 28.7 Å². The summed E-state index contributed by atoms with van der Waals surface area (Å²) in [6.45, 7) is 2.05. The zero-order valence-corrected chi connectivity index (χ0v) is 12.5. The summed E-state index contributed by atoms with van der Waals surface area (Å²) in [4.78, 5) is 4.15. The predicted molar refractivity (Wildman–Crippen MR) is 84.6 cm³/mol. The second-order valence-electron chi connectivity index (χ2n) is 3.71. The third kappa shape index (κ3) is 3.86. The molecule has 0 fully saturated rings. The van der Waals surface area contributed by atoms with E-state index in [1.807, 2.05) is 14.0 Å². The van der Waals surface area contributed by atoms with E-state index in [2.05, 4.69) is 47.5 Å². The van der Waals surface area contributed by atoms with Crippen molar-refractivity contribution >= 4 is 44.6 Å². The van der Waals surface area contributed by atoms with Crippen molar-refractivity contribution in [1.82, 2.24) is 0 Å². The molecule has 2 aromatic rings. The molecule has 90 valence electrons. The molecule has 0 aliphatic rings. The maximum absolute atomic E-state index is 4.15. The minimum absolute atomic E-state index is 0. The highest BCUT2D eigenvalue weighted by Crippen LogP contribution is 2.19. The first-order valence-electron chi connectivity index (χ1n) is 5.33. The van der Waals surface area contributed by atoms with Gasteiger partial charge in [0.2, 0.25) is 0 Å². The summed E-state index contributed by atoms with van der Waals surface area (Å²) in [6, 6.07) is 15.1. The van der Waals surface area contributed by atoms with E-state index < -0.39 is 0 Å². The first kappa shape index (κ1) is 14.3. The smallest absolute Gasteiger partial charge is 0.0644 e. The van der Waals surface area contributed by atoms with E-state index >= 15 is 0 Å². The van der Waals surface area contributed by atoms with Gasteiger partial charge in [0.05, 0.1) is 5.04 Å². The van der Waals surface area contributed by atoms with Crippen LogP contribution in [0.15, 0.2) is 47.5 Å². The Labute approximate surface area is 117 Å². The summed E-state index contributed by atoms with van der Waals surface area (Å²) in [6.07, 6.45) is 0. The van der Waals surface area contributed by atoms with E-state index in [9.17, 15) is 0 Å². The third-order valence-corrected chi connectivity index (χ3v) is 3.65. The number of benzene rings is 2. The van der Waals surface area contributed by atoms with Crippen molar-refractivity contribution in [1.29, 1.82) is 0 Å². The molecule has 0 amide bonds. The Kier molecular flexibility index (Phi) is 5.72. The molecule has 0 heterocycles. The minimum atomic E-state index is 0. The molecule has 1 nitrogen and oxygen atoms in total. The maximum Gasteiger partial charge on any atom is 0.0644 e. The van der Waals surface area contributed by atoms with Crippen molar-refractivity contribution in [2.75, 3.05) is 7.05 Å². The van der Waals surface area contributed by atoms with Crippen LogP contribution in [0.2, 0.25) is 0 Å². The molecule has 0 atom stereocenters. The number of rotatable bonds is 2. The van der Waals surface area contributed by atoms with E-state index in [0.717, 1.165) is 10.8 Å². The highest BCUT2D eigenvalue weighted by molar-refractivity contribution is 8.93. The maximum atomic E-state index is 4.15. The predicted octanol–water partition coefficient (Wildman–Crippen LogP) is 4.70. The van der Waals surface area contributed by atoms with Crippen molar-refractivity contribution in [3.05, 3.63) is 48.0 Å². The van der Waals surface area contributed by atoms with Gasteiger partial charge in [0, 0.05) is 12.8 Å². The highest BCUT2D eigenvalue weighted by atomic mass is 79.9. The van der Waals surface area contributed by atoms with E-state index in [1.54, 1.807) is 11.8 Å². The second-order valence-corrected chi connectivity index (χ2v) is 4.88. The lowest BCUT2D eigenvalue weighted by molar-refractivity contribution is 1.43. The molecular weight excluding hydrogens is 294 g/mol. The molecule has 0 aromatic heterocycles. The summed E-state index contributed by atoms with van der Waals surface area (Å²) in [5.74, 6) is 0.994. The van der Waals surface area contributed by atoms with Crippen molar-refractivity contribution in [2.24, 2.45) is 4.99 Å². The average Bonchev–Trinajstić information content (AvgIpc) is 2.35. The van der Waals surface area contributed by atoms with Crippen molar-refractivity contribution in [3.8, 4) is 0 Å². The van der Waals surface area contributed by atoms with Gasteiger partial charge in [0.25, 0.3) is 0 Å². The van der Waals surface area contributed by atoms with E-state index in [4.69, 9.17) is 0 Å². The average molecular weight is 310 g/mol. The van der Waals surface area contributed by atoms with E-state index in [1.165, 1.54) is 16.3 Å². The molecule has 17 heavy (non-hydrogen) atoms. The molecule has 0 saturated carbocycles. The molecule has 2 aromatic carbocycles. The number of nitrogens with zero attached hydrogens (tertiary/aromatic N) is 1. The second kappa shape index (κ2) is 6.82. The van der Waals surface area contributed by atoms with Gasteiger partial charge in [0.1, 0.15) is 0 Å². The molecule has 0 aliphatic heterocycles. The highest BCUT2D eigenvalue weighted by Gasteiger charge is 1.97. The number of hydrogen-bond acceptors (Lipinski definition) is 2. The fourth-order valence-corrected chi connectivity index (χ4v) is 2.27. The van der Waals surface area contributed by atoms with Gasteiger partial charge in [-0.3, -0.25) is 4.99 Å². The van der Waals surface area contributed by atoms with Crippen molar-refractivity contribution in [2.45, 2.75) is 12.7 Å². The quantitative estimate of drug-likeness (QED) is 0.578. The fourth-order valence-electron chi connectivity index (χ4n) is 1.58. The number of aliphatic imine (C=N–C) groups is 1. The van der Waals surface area contributed by atoms with Gasteiger partial charge in [0.15, 0.2) is 0 Å². The molecule has 2 rings (SSSR count). The minimum Gasteiger partial charge on any atom is -0.287 e. The lowest BCUT2D eigenvalue weighted by Crippen LogP contribution is -1.86. The first-order valence-corrected chi connectivity index (χ1v) is 6.32. The Morgan fingerprint density at radius 1 is 1.12 bits per heavy atom. The Bertz CT molecular complexity index is 522. The standard InChI is InChI=1S/C14H15NS.BrH/c1-11(15-2)16-10-12-7-8-13-5-3-4-6-14(13)9-12;/h3-9H,10H2,1-2H3;1H/b15-11+;. The SMILES string of the molecule is Br.C/N=C(\C)SCc1ccc2ccccc2c1. The van der Waals surface area contributed by atoms with Gasteiger partial charge in [-0.15, -0.1) is 28.7 Å². The van der Waals surface area contributed by atoms with Crippen LogP contribution in [0.4, 0.5) is 0 Å². The summed E-state index contributed by atoms with van der Waals surface area (Å²) in [5.41, 5.74) is 1.35. The molecule has 0 radical (unpaired) electrons. The van der Waals surface area contributed by atoms with Gasteiger partial charge in [-0.05, 0) is 23.3 Å². The molecule has 0 spiro atoms. The van der Waals surface area contributed by atoms with Gasteiger partial charge in [-0.2, -0.15) is 0 Å². The van der Waals surface area contributed by atoms with Crippen molar-refractivity contribution < 1.29 is 0 Å². The molecule has 3 heteroatoms. The van der Waals surface area contributed by atoms with Crippen molar-refractivity contribution in [3.63, 3.8) is 0 Å². The van der Waals surface area contributed by atoms with Crippen LogP contribution in [0.1, 0.15) is 12.5 Å². The lowest BCUT2D eigenvalue weighted by atomic mass is 10.1. The molecule has 0 saturated heterocycles. The normalized spacial score (nSPS) is 11.3. The zero-order valence-electron chi connectivity index (χ0n) is 10.0. The Hall–Kier alpha value is -0.800. The molecule has 0 N–H and O–H groups in total. The van der Waals surface area contributed by atoms with Crippen LogP contribution < -0.4 is 0 Å². The van der Waals surface area contributed by atoms with E-state index in [-0.39, 0.29) is 17.0 Å². The van der Waals surface area contributed by atoms with E-state index in [0.29, 0.717) is 0 Å². The molecule has 0 aliphatic carbocycles. The number of fused-ring (bicyclic) bond motifs is 1. The van der Waals surface area contributed by atoms with Crippen LogP contribution in [0.3, 0.4) is 0 Å². The molecular formula is C14H16BrNS. The monoisotopic (exact) mass is 309 g/mol. The van der Waals surface area contributed by atoms with Crippen LogP contribution in [0.5, 0.6) is 0 Å². The molecule has 0 bridgehead atoms. The number of thioether (sulfide) groups is 1. The van der Waals surface area contributed by atoms with Crippen LogP contribution in [0.25, 0.3) is 10.8 Å².